The van der Waals surface area contributed by atoms with Gasteiger partial charge in [0.1, 0.15) is 0 Å². The predicted molar refractivity (Wildman–Crippen MR) is 96.2 cm³/mol. The number of carbonyl (C=O) groups excluding carboxylic acids is 1. The Morgan fingerprint density at radius 2 is 2.04 bits per heavy atom. The third-order valence-electron chi connectivity index (χ3n) is 4.01. The van der Waals surface area contributed by atoms with E-state index in [1.165, 1.54) is 16.7 Å². The molecule has 2 amide bonds. The molecule has 2 rings (SSSR count). The van der Waals surface area contributed by atoms with Gasteiger partial charge in [-0.2, -0.15) is 0 Å². The molecule has 0 spiro atoms. The average molecular weight is 329 g/mol. The molecule has 5 heteroatoms. The number of nitrogens with one attached hydrogen (secondary N) is 2. The first-order chi connectivity index (χ1) is 11.6. The van der Waals surface area contributed by atoms with E-state index in [1.54, 1.807) is 7.11 Å². The number of nitrogens with zero attached hydrogens (tertiary/aromatic N) is 1. The van der Waals surface area contributed by atoms with Gasteiger partial charge in [-0.25, -0.2) is 4.79 Å². The van der Waals surface area contributed by atoms with Gasteiger partial charge in [-0.15, -0.1) is 0 Å². The number of hydrogen-bond acceptors (Lipinski definition) is 2. The largest absolute Gasteiger partial charge is 0.385 e. The summed E-state index contributed by atoms with van der Waals surface area (Å²) in [7, 11) is 1.66. The number of urea groups is 1. The van der Waals surface area contributed by atoms with E-state index < -0.39 is 0 Å². The van der Waals surface area contributed by atoms with Crippen molar-refractivity contribution in [2.45, 2.75) is 33.4 Å². The van der Waals surface area contributed by atoms with Crippen LogP contribution in [-0.4, -0.2) is 30.9 Å². The maximum Gasteiger partial charge on any atom is 0.315 e. The Morgan fingerprint density at radius 1 is 1.21 bits per heavy atom. The van der Waals surface area contributed by atoms with Gasteiger partial charge in [-0.05, 0) is 43.5 Å². The molecule has 0 atom stereocenters. The number of methoxy groups -OCH3 is 1. The van der Waals surface area contributed by atoms with Crippen LogP contribution in [0.3, 0.4) is 0 Å². The van der Waals surface area contributed by atoms with E-state index >= 15 is 0 Å². The Bertz CT molecular complexity index is 664. The minimum atomic E-state index is -0.148. The van der Waals surface area contributed by atoms with Crippen LogP contribution in [0, 0.1) is 13.8 Å². The molecule has 0 saturated heterocycles. The molecule has 5 nitrogen and oxygen atoms in total. The molecular formula is C19H27N3O2. The summed E-state index contributed by atoms with van der Waals surface area (Å²) < 4.78 is 7.13. The highest BCUT2D eigenvalue weighted by molar-refractivity contribution is 5.73. The van der Waals surface area contributed by atoms with Gasteiger partial charge in [0, 0.05) is 38.7 Å². The summed E-state index contributed by atoms with van der Waals surface area (Å²) in [5, 5.41) is 5.73. The molecule has 0 unspecified atom stereocenters. The molecule has 0 fully saturated rings. The van der Waals surface area contributed by atoms with Crippen molar-refractivity contribution >= 4 is 6.03 Å². The van der Waals surface area contributed by atoms with Crippen LogP contribution in [0.15, 0.2) is 36.5 Å². The van der Waals surface area contributed by atoms with Gasteiger partial charge in [-0.1, -0.05) is 23.8 Å². The highest BCUT2D eigenvalue weighted by Gasteiger charge is 2.06. The van der Waals surface area contributed by atoms with Crippen molar-refractivity contribution in [1.29, 1.82) is 0 Å². The van der Waals surface area contributed by atoms with Crippen molar-refractivity contribution in [3.05, 3.63) is 58.9 Å². The van der Waals surface area contributed by atoms with E-state index in [0.29, 0.717) is 19.7 Å². The molecule has 1 aromatic heterocycles. The van der Waals surface area contributed by atoms with Gasteiger partial charge in [0.25, 0.3) is 0 Å². The monoisotopic (exact) mass is 329 g/mol. The topological polar surface area (TPSA) is 55.3 Å². The van der Waals surface area contributed by atoms with E-state index in [1.807, 2.05) is 12.1 Å². The second-order valence-electron chi connectivity index (χ2n) is 6.01. The van der Waals surface area contributed by atoms with E-state index in [2.05, 4.69) is 53.4 Å². The summed E-state index contributed by atoms with van der Waals surface area (Å²) in [5.41, 5.74) is 4.93. The fraction of sp³-hybridized carbons (Fsp3) is 0.421. The van der Waals surface area contributed by atoms with E-state index in [9.17, 15) is 4.79 Å². The molecule has 1 aromatic carbocycles. The number of carbonyl (C=O) groups is 1. The Balaban J connectivity index is 1.88. The van der Waals surface area contributed by atoms with Gasteiger partial charge in [0.2, 0.25) is 0 Å². The van der Waals surface area contributed by atoms with Crippen molar-refractivity contribution in [1.82, 2.24) is 15.2 Å². The summed E-state index contributed by atoms with van der Waals surface area (Å²) in [5.74, 6) is 0. The molecule has 2 N–H and O–H groups in total. The Kier molecular flexibility index (Phi) is 6.88. The number of ether oxygens (including phenoxy) is 1. The zero-order valence-electron chi connectivity index (χ0n) is 14.8. The Labute approximate surface area is 144 Å². The highest BCUT2D eigenvalue weighted by Crippen LogP contribution is 2.14. The number of hydrogen-bond donors (Lipinski definition) is 2. The lowest BCUT2D eigenvalue weighted by Gasteiger charge is -2.13. The first-order valence-corrected chi connectivity index (χ1v) is 8.31. The van der Waals surface area contributed by atoms with Crippen LogP contribution < -0.4 is 10.6 Å². The van der Waals surface area contributed by atoms with Crippen LogP contribution in [0.1, 0.15) is 28.8 Å². The number of amides is 2. The number of aryl methyl sites for hydroxylation is 2. The molecular weight excluding hydrogens is 302 g/mol. The van der Waals surface area contributed by atoms with Crippen molar-refractivity contribution in [3.63, 3.8) is 0 Å². The third kappa shape index (κ3) is 5.42. The zero-order chi connectivity index (χ0) is 17.4. The average Bonchev–Trinajstić information content (AvgIpc) is 3.00. The maximum atomic E-state index is 11.8. The van der Waals surface area contributed by atoms with Crippen LogP contribution in [0.5, 0.6) is 0 Å². The van der Waals surface area contributed by atoms with Crippen LogP contribution >= 0.6 is 0 Å². The van der Waals surface area contributed by atoms with E-state index in [4.69, 9.17) is 4.74 Å². The summed E-state index contributed by atoms with van der Waals surface area (Å²) >= 11 is 0. The van der Waals surface area contributed by atoms with Crippen LogP contribution in [-0.2, 0) is 17.8 Å². The minimum Gasteiger partial charge on any atom is -0.385 e. The SMILES string of the molecule is COCCCNC(=O)NCc1cccn1Cc1cc(C)ccc1C. The molecule has 1 heterocycles. The summed E-state index contributed by atoms with van der Waals surface area (Å²) in [6.07, 6.45) is 2.86. The molecule has 0 saturated carbocycles. The van der Waals surface area contributed by atoms with Gasteiger partial charge >= 0.3 is 6.03 Å². The number of benzene rings is 1. The number of aromatic nitrogens is 1. The standard InChI is InChI=1S/C19H27N3O2/c1-15-7-8-16(2)17(12-15)14-22-10-4-6-18(22)13-21-19(23)20-9-5-11-24-3/h4,6-8,10,12H,5,9,11,13-14H2,1-3H3,(H2,20,21,23). The van der Waals surface area contributed by atoms with Gasteiger partial charge in [0.15, 0.2) is 0 Å². The molecule has 0 aliphatic rings. The molecule has 0 bridgehead atoms. The molecule has 0 aliphatic carbocycles. The van der Waals surface area contributed by atoms with Crippen molar-refractivity contribution in [2.75, 3.05) is 20.3 Å². The molecule has 130 valence electrons. The number of rotatable bonds is 8. The van der Waals surface area contributed by atoms with Crippen molar-refractivity contribution < 1.29 is 9.53 Å². The van der Waals surface area contributed by atoms with Crippen molar-refractivity contribution in [3.8, 4) is 0 Å². The summed E-state index contributed by atoms with van der Waals surface area (Å²) in [6, 6.07) is 10.4. The normalized spacial score (nSPS) is 10.6. The molecule has 0 radical (unpaired) electrons. The predicted octanol–water partition coefficient (Wildman–Crippen LogP) is 2.99. The Hall–Kier alpha value is -2.27. The first-order valence-electron chi connectivity index (χ1n) is 8.31. The second kappa shape index (κ2) is 9.13. The minimum absolute atomic E-state index is 0.148. The highest BCUT2D eigenvalue weighted by atomic mass is 16.5. The molecule has 24 heavy (non-hydrogen) atoms. The van der Waals surface area contributed by atoms with E-state index in [-0.39, 0.29) is 6.03 Å². The van der Waals surface area contributed by atoms with Gasteiger partial charge < -0.3 is 19.9 Å². The summed E-state index contributed by atoms with van der Waals surface area (Å²) in [6.45, 7) is 6.82. The fourth-order valence-electron chi connectivity index (χ4n) is 2.57. The molecule has 0 aliphatic heterocycles. The smallest absolute Gasteiger partial charge is 0.315 e. The lowest BCUT2D eigenvalue weighted by Crippen LogP contribution is -2.36. The van der Waals surface area contributed by atoms with Crippen LogP contribution in [0.4, 0.5) is 4.79 Å². The lowest BCUT2D eigenvalue weighted by molar-refractivity contribution is 0.193. The fourth-order valence-corrected chi connectivity index (χ4v) is 2.57. The second-order valence-corrected chi connectivity index (χ2v) is 6.01. The Morgan fingerprint density at radius 3 is 2.83 bits per heavy atom. The first kappa shape index (κ1) is 18.1. The van der Waals surface area contributed by atoms with Gasteiger partial charge in [-0.3, -0.25) is 0 Å². The third-order valence-corrected chi connectivity index (χ3v) is 4.01. The van der Waals surface area contributed by atoms with Crippen LogP contribution in [0.2, 0.25) is 0 Å². The summed E-state index contributed by atoms with van der Waals surface area (Å²) in [4.78, 5) is 11.8. The van der Waals surface area contributed by atoms with Crippen molar-refractivity contribution in [2.24, 2.45) is 0 Å². The maximum absolute atomic E-state index is 11.8. The van der Waals surface area contributed by atoms with Gasteiger partial charge in [0.05, 0.1) is 6.54 Å². The molecule has 2 aromatic rings. The van der Waals surface area contributed by atoms with E-state index in [0.717, 1.165) is 18.7 Å². The zero-order valence-corrected chi connectivity index (χ0v) is 14.8. The lowest BCUT2D eigenvalue weighted by atomic mass is 10.1. The van der Waals surface area contributed by atoms with Crippen LogP contribution in [0.25, 0.3) is 0 Å². The quantitative estimate of drug-likeness (QED) is 0.732.